The molecule has 0 spiro atoms. The molecule has 226 valence electrons. The van der Waals surface area contributed by atoms with Gasteiger partial charge in [-0.25, -0.2) is 9.37 Å². The first-order valence-corrected chi connectivity index (χ1v) is 14.6. The Morgan fingerprint density at radius 1 is 1.02 bits per heavy atom. The summed E-state index contributed by atoms with van der Waals surface area (Å²) < 4.78 is 22.4. The summed E-state index contributed by atoms with van der Waals surface area (Å²) in [5.41, 5.74) is 4.84. The summed E-state index contributed by atoms with van der Waals surface area (Å²) >= 11 is 0. The van der Waals surface area contributed by atoms with Gasteiger partial charge in [0.05, 0.1) is 24.2 Å². The van der Waals surface area contributed by atoms with E-state index in [1.54, 1.807) is 42.2 Å². The maximum absolute atomic E-state index is 13.9. The number of para-hydroxylation sites is 2. The van der Waals surface area contributed by atoms with Gasteiger partial charge in [0.25, 0.3) is 5.56 Å². The quantitative estimate of drug-likeness (QED) is 0.188. The van der Waals surface area contributed by atoms with E-state index in [9.17, 15) is 14.0 Å². The second-order valence-electron chi connectivity index (χ2n) is 11.2. The average Bonchev–Trinajstić information content (AvgIpc) is 3.37. The SMILES string of the molecule is COc1cc(C)c(-c2nc3ccccc3c(=O)n2N=Cc2cn(CC(=O)Nc3cccc(F)c3)c3ccccc23)cc1C(C)C. The number of nitrogens with one attached hydrogen (secondary N) is 1. The summed E-state index contributed by atoms with van der Waals surface area (Å²) in [4.78, 5) is 31.7. The zero-order chi connectivity index (χ0) is 31.7. The Bertz CT molecular complexity index is 2160. The second-order valence-corrected chi connectivity index (χ2v) is 11.2. The van der Waals surface area contributed by atoms with Crippen molar-refractivity contribution in [3.05, 3.63) is 124 Å². The molecule has 0 atom stereocenters. The first kappa shape index (κ1) is 29.5. The number of aryl methyl sites for hydroxylation is 1. The number of carbonyl (C=O) groups excluding carboxylic acids is 1. The summed E-state index contributed by atoms with van der Waals surface area (Å²) in [6.45, 7) is 6.13. The molecule has 2 aromatic heterocycles. The van der Waals surface area contributed by atoms with E-state index < -0.39 is 5.82 Å². The molecule has 4 aromatic carbocycles. The predicted molar refractivity (Wildman–Crippen MR) is 177 cm³/mol. The van der Waals surface area contributed by atoms with E-state index in [0.29, 0.717) is 28.0 Å². The lowest BCUT2D eigenvalue weighted by molar-refractivity contribution is -0.116. The van der Waals surface area contributed by atoms with Crippen molar-refractivity contribution in [3.8, 4) is 17.1 Å². The maximum atomic E-state index is 13.9. The van der Waals surface area contributed by atoms with Gasteiger partial charge in [0.1, 0.15) is 18.1 Å². The Balaban J connectivity index is 1.45. The van der Waals surface area contributed by atoms with Gasteiger partial charge in [0.2, 0.25) is 5.91 Å². The van der Waals surface area contributed by atoms with E-state index in [1.807, 2.05) is 61.7 Å². The van der Waals surface area contributed by atoms with Gasteiger partial charge >= 0.3 is 0 Å². The van der Waals surface area contributed by atoms with E-state index in [0.717, 1.165) is 33.3 Å². The van der Waals surface area contributed by atoms with Crippen molar-refractivity contribution in [2.24, 2.45) is 5.10 Å². The molecule has 0 bridgehead atoms. The molecule has 0 aliphatic carbocycles. The van der Waals surface area contributed by atoms with Crippen LogP contribution in [0.5, 0.6) is 5.75 Å². The molecule has 0 fully saturated rings. The number of anilines is 1. The van der Waals surface area contributed by atoms with E-state index in [2.05, 4.69) is 19.2 Å². The first-order chi connectivity index (χ1) is 21.7. The molecule has 45 heavy (non-hydrogen) atoms. The summed E-state index contributed by atoms with van der Waals surface area (Å²) in [7, 11) is 1.65. The fourth-order valence-electron chi connectivity index (χ4n) is 5.52. The lowest BCUT2D eigenvalue weighted by atomic mass is 9.96. The fourth-order valence-corrected chi connectivity index (χ4v) is 5.52. The number of ether oxygens (including phenoxy) is 1. The molecule has 9 heteroatoms. The maximum Gasteiger partial charge on any atom is 0.282 e. The third-order valence-corrected chi connectivity index (χ3v) is 7.75. The van der Waals surface area contributed by atoms with Crippen LogP contribution in [0.1, 0.15) is 36.5 Å². The average molecular weight is 602 g/mol. The van der Waals surface area contributed by atoms with Crippen LogP contribution >= 0.6 is 0 Å². The van der Waals surface area contributed by atoms with Gasteiger partial charge in [-0.05, 0) is 72.5 Å². The van der Waals surface area contributed by atoms with Crippen LogP contribution in [0, 0.1) is 12.7 Å². The number of carbonyl (C=O) groups is 1. The van der Waals surface area contributed by atoms with Crippen LogP contribution in [-0.2, 0) is 11.3 Å². The number of methoxy groups -OCH3 is 1. The standard InChI is InChI=1S/C36H32FN5O3/c1-22(2)29-18-30(23(3)16-33(29)45-4)35-40-31-14-7-5-13-28(31)36(44)42(35)38-19-24-20-41(32-15-8-6-12-27(24)32)21-34(43)39-26-11-9-10-25(37)17-26/h5-20,22H,21H2,1-4H3,(H,39,43). The highest BCUT2D eigenvalue weighted by Crippen LogP contribution is 2.34. The minimum Gasteiger partial charge on any atom is -0.496 e. The van der Waals surface area contributed by atoms with E-state index in [1.165, 1.54) is 16.8 Å². The highest BCUT2D eigenvalue weighted by atomic mass is 19.1. The van der Waals surface area contributed by atoms with E-state index in [-0.39, 0.29) is 23.9 Å². The smallest absolute Gasteiger partial charge is 0.282 e. The molecule has 0 unspecified atom stereocenters. The first-order valence-electron chi connectivity index (χ1n) is 14.6. The van der Waals surface area contributed by atoms with Gasteiger partial charge in [-0.3, -0.25) is 9.59 Å². The molecular formula is C36H32FN5O3. The molecule has 8 nitrogen and oxygen atoms in total. The molecule has 2 heterocycles. The number of nitrogens with zero attached hydrogens (tertiary/aromatic N) is 4. The third kappa shape index (κ3) is 5.84. The lowest BCUT2D eigenvalue weighted by Crippen LogP contribution is -2.21. The predicted octanol–water partition coefficient (Wildman–Crippen LogP) is 7.12. The van der Waals surface area contributed by atoms with Crippen molar-refractivity contribution >= 4 is 39.6 Å². The minimum absolute atomic E-state index is 0.00336. The number of amides is 1. The summed E-state index contributed by atoms with van der Waals surface area (Å²) in [6, 6.07) is 24.6. The molecular weight excluding hydrogens is 569 g/mol. The molecule has 0 radical (unpaired) electrons. The molecule has 1 N–H and O–H groups in total. The van der Waals surface area contributed by atoms with Crippen molar-refractivity contribution < 1.29 is 13.9 Å². The Morgan fingerprint density at radius 2 is 1.78 bits per heavy atom. The summed E-state index contributed by atoms with van der Waals surface area (Å²) in [5, 5.41) is 8.76. The number of rotatable bonds is 8. The molecule has 0 saturated heterocycles. The van der Waals surface area contributed by atoms with Crippen molar-refractivity contribution in [2.45, 2.75) is 33.2 Å². The van der Waals surface area contributed by atoms with Crippen LogP contribution in [0.15, 0.2) is 101 Å². The number of hydrogen-bond acceptors (Lipinski definition) is 5. The lowest BCUT2D eigenvalue weighted by Gasteiger charge is -2.17. The summed E-state index contributed by atoms with van der Waals surface area (Å²) in [5.74, 6) is 0.625. The zero-order valence-corrected chi connectivity index (χ0v) is 25.4. The normalized spacial score (nSPS) is 11.6. The number of aromatic nitrogens is 3. The topological polar surface area (TPSA) is 90.5 Å². The van der Waals surface area contributed by atoms with Gasteiger partial charge in [-0.15, -0.1) is 0 Å². The van der Waals surface area contributed by atoms with Crippen LogP contribution in [-0.4, -0.2) is 33.5 Å². The van der Waals surface area contributed by atoms with Gasteiger partial charge < -0.3 is 14.6 Å². The molecule has 0 aliphatic rings. The Kier molecular flexibility index (Phi) is 8.00. The van der Waals surface area contributed by atoms with E-state index >= 15 is 0 Å². The highest BCUT2D eigenvalue weighted by Gasteiger charge is 2.19. The van der Waals surface area contributed by atoms with Gasteiger partial charge in [0, 0.05) is 33.9 Å². The van der Waals surface area contributed by atoms with Gasteiger partial charge in [-0.1, -0.05) is 50.2 Å². The number of fused-ring (bicyclic) bond motifs is 2. The van der Waals surface area contributed by atoms with Crippen molar-refractivity contribution in [3.63, 3.8) is 0 Å². The van der Waals surface area contributed by atoms with Crippen LogP contribution in [0.2, 0.25) is 0 Å². The third-order valence-electron chi connectivity index (χ3n) is 7.75. The molecule has 1 amide bonds. The molecule has 6 aromatic rings. The van der Waals surface area contributed by atoms with Crippen LogP contribution in [0.3, 0.4) is 0 Å². The number of halogens is 1. The van der Waals surface area contributed by atoms with Crippen molar-refractivity contribution in [1.29, 1.82) is 0 Å². The van der Waals surface area contributed by atoms with E-state index in [4.69, 9.17) is 14.8 Å². The fraction of sp³-hybridized carbons (Fsp3) is 0.167. The monoisotopic (exact) mass is 601 g/mol. The highest BCUT2D eigenvalue weighted by molar-refractivity contribution is 6.00. The zero-order valence-electron chi connectivity index (χ0n) is 25.4. The Hall–Kier alpha value is -5.57. The number of benzene rings is 4. The minimum atomic E-state index is -0.430. The largest absolute Gasteiger partial charge is 0.496 e. The Labute approximate surface area is 259 Å². The van der Waals surface area contributed by atoms with Crippen molar-refractivity contribution in [2.75, 3.05) is 12.4 Å². The van der Waals surface area contributed by atoms with Crippen LogP contribution < -0.4 is 15.6 Å². The van der Waals surface area contributed by atoms with Gasteiger partial charge in [0.15, 0.2) is 5.82 Å². The van der Waals surface area contributed by atoms with Crippen LogP contribution in [0.4, 0.5) is 10.1 Å². The molecule has 0 aliphatic heterocycles. The van der Waals surface area contributed by atoms with Crippen molar-refractivity contribution in [1.82, 2.24) is 14.2 Å². The number of hydrogen-bond donors (Lipinski definition) is 1. The molecule has 6 rings (SSSR count). The summed E-state index contributed by atoms with van der Waals surface area (Å²) in [6.07, 6.45) is 3.43. The van der Waals surface area contributed by atoms with Gasteiger partial charge in [-0.2, -0.15) is 9.78 Å². The molecule has 0 saturated carbocycles. The van der Waals surface area contributed by atoms with Crippen LogP contribution in [0.25, 0.3) is 33.2 Å². The Morgan fingerprint density at radius 3 is 2.53 bits per heavy atom. The second kappa shape index (κ2) is 12.2.